The van der Waals surface area contributed by atoms with Crippen LogP contribution in [0.2, 0.25) is 0 Å². The maximum atomic E-state index is 5.20. The molecule has 0 radical (unpaired) electrons. The molecule has 0 bridgehead atoms. The van der Waals surface area contributed by atoms with E-state index in [1.807, 2.05) is 30.0 Å². The summed E-state index contributed by atoms with van der Waals surface area (Å²) >= 11 is 1.89. The average Bonchev–Trinajstić information content (AvgIpc) is 3.31. The van der Waals surface area contributed by atoms with Gasteiger partial charge in [-0.3, -0.25) is 0 Å². The van der Waals surface area contributed by atoms with Crippen LogP contribution in [0.4, 0.5) is 0 Å². The van der Waals surface area contributed by atoms with Crippen molar-refractivity contribution in [2.24, 2.45) is 0 Å². The Hall–Kier alpha value is -6.81. The summed E-state index contributed by atoms with van der Waals surface area (Å²) in [5.41, 5.74) is 17.1. The van der Waals surface area contributed by atoms with Crippen molar-refractivity contribution in [3.63, 3.8) is 0 Å². The zero-order chi connectivity index (χ0) is 39.6. The average molecular weight is 773 g/mol. The highest BCUT2D eigenvalue weighted by Crippen LogP contribution is 2.61. The molecule has 0 unspecified atom stereocenters. The molecule has 0 saturated carbocycles. The molecule has 8 aromatic carbocycles. The Balaban J connectivity index is 1.06. The molecule has 3 heteroatoms. The highest BCUT2D eigenvalue weighted by molar-refractivity contribution is 7.99. The van der Waals surface area contributed by atoms with Crippen molar-refractivity contribution in [2.75, 3.05) is 0 Å². The summed E-state index contributed by atoms with van der Waals surface area (Å²) in [4.78, 5) is 13.0. The number of rotatable bonds is 5. The Morgan fingerprint density at radius 1 is 0.322 bits per heavy atom. The molecule has 59 heavy (non-hydrogen) atoms. The summed E-state index contributed by atoms with van der Waals surface area (Å²) in [5.74, 6) is 0.710. The topological polar surface area (TPSA) is 25.8 Å². The number of hydrogen-bond donors (Lipinski definition) is 0. The smallest absolute Gasteiger partial charge is 0.160 e. The van der Waals surface area contributed by atoms with Crippen LogP contribution in [0.1, 0.15) is 47.2 Å². The van der Waals surface area contributed by atoms with Gasteiger partial charge in [0.1, 0.15) is 0 Å². The lowest BCUT2D eigenvalue weighted by Crippen LogP contribution is -2.43. The lowest BCUT2D eigenvalue weighted by Gasteiger charge is -2.50. The van der Waals surface area contributed by atoms with Crippen LogP contribution in [-0.4, -0.2) is 9.97 Å². The molecule has 0 amide bonds. The Kier molecular flexibility index (Phi) is 8.35. The predicted molar refractivity (Wildman–Crippen MR) is 244 cm³/mol. The number of benzene rings is 8. The molecule has 9 aromatic rings. The van der Waals surface area contributed by atoms with E-state index in [0.29, 0.717) is 5.82 Å². The Morgan fingerprint density at radius 3 is 1.46 bits per heavy atom. The largest absolute Gasteiger partial charge is 0.228 e. The first-order valence-electron chi connectivity index (χ1n) is 20.3. The van der Waals surface area contributed by atoms with E-state index in [0.717, 1.165) is 33.6 Å². The first-order chi connectivity index (χ1) is 29.0. The van der Waals surface area contributed by atoms with Crippen LogP contribution in [0.3, 0.4) is 0 Å². The van der Waals surface area contributed by atoms with Gasteiger partial charge in [0.2, 0.25) is 0 Å². The minimum atomic E-state index is -0.440. The zero-order valence-corrected chi connectivity index (χ0v) is 33.7. The molecule has 1 aliphatic heterocycles. The standard InChI is InChI=1S/C56H40N2S/c1-55(2)44-22-9-10-23-45(44)56(47-24-11-13-26-52(47)59-53-27-14-12-25-48(53)56)46-33-32-42(35-49(46)55)41-20-15-21-43(34-41)51-36-50(57-54(58-51)40-18-7-4-8-19-40)39-30-28-38(29-31-39)37-16-5-3-6-17-37/h3-36H,1-2H3. The van der Waals surface area contributed by atoms with Gasteiger partial charge in [-0.25, -0.2) is 9.97 Å². The minimum absolute atomic E-state index is 0.235. The highest BCUT2D eigenvalue weighted by Gasteiger charge is 2.52. The lowest BCUT2D eigenvalue weighted by atomic mass is 9.54. The number of nitrogens with zero attached hydrogens (tertiary/aromatic N) is 2. The molecule has 280 valence electrons. The van der Waals surface area contributed by atoms with Gasteiger partial charge in [-0.1, -0.05) is 202 Å². The van der Waals surface area contributed by atoms with Crippen LogP contribution < -0.4 is 0 Å². The summed E-state index contributed by atoms with van der Waals surface area (Å²) in [6.07, 6.45) is 0. The van der Waals surface area contributed by atoms with Crippen LogP contribution >= 0.6 is 11.8 Å². The molecule has 0 N–H and O–H groups in total. The van der Waals surface area contributed by atoms with Gasteiger partial charge in [-0.15, -0.1) is 0 Å². The van der Waals surface area contributed by atoms with E-state index in [2.05, 4.69) is 202 Å². The molecule has 1 aliphatic carbocycles. The normalized spacial score (nSPS) is 14.1. The molecule has 0 saturated heterocycles. The zero-order valence-electron chi connectivity index (χ0n) is 32.9. The van der Waals surface area contributed by atoms with Crippen LogP contribution in [0.15, 0.2) is 216 Å². The van der Waals surface area contributed by atoms with Crippen LogP contribution in [0.25, 0.3) is 56.2 Å². The van der Waals surface area contributed by atoms with Crippen molar-refractivity contribution >= 4 is 11.8 Å². The fraction of sp³-hybridized carbons (Fsp3) is 0.0714. The van der Waals surface area contributed by atoms with Gasteiger partial charge < -0.3 is 0 Å². The van der Waals surface area contributed by atoms with Gasteiger partial charge >= 0.3 is 0 Å². The molecular formula is C56H40N2S. The minimum Gasteiger partial charge on any atom is -0.228 e. The van der Waals surface area contributed by atoms with Crippen molar-refractivity contribution in [1.82, 2.24) is 9.97 Å². The third kappa shape index (κ3) is 5.72. The molecule has 0 atom stereocenters. The van der Waals surface area contributed by atoms with E-state index < -0.39 is 5.41 Å². The SMILES string of the molecule is CC1(C)c2ccccc2C2(c3ccccc3Sc3ccccc32)c2ccc(-c3cccc(-c4cc(-c5ccc(-c6ccccc6)cc5)nc(-c5ccccc5)n4)c3)cc21. The monoisotopic (exact) mass is 772 g/mol. The second kappa shape index (κ2) is 13.9. The van der Waals surface area contributed by atoms with Crippen LogP contribution in [-0.2, 0) is 10.8 Å². The van der Waals surface area contributed by atoms with Crippen molar-refractivity contribution in [2.45, 2.75) is 34.5 Å². The van der Waals surface area contributed by atoms with E-state index in [1.165, 1.54) is 59.9 Å². The van der Waals surface area contributed by atoms with E-state index >= 15 is 0 Å². The van der Waals surface area contributed by atoms with Gasteiger partial charge in [0, 0.05) is 31.9 Å². The van der Waals surface area contributed by atoms with E-state index in [4.69, 9.17) is 9.97 Å². The fourth-order valence-corrected chi connectivity index (χ4v) is 10.8. The molecular weight excluding hydrogens is 733 g/mol. The van der Waals surface area contributed by atoms with Crippen molar-refractivity contribution < 1.29 is 0 Å². The van der Waals surface area contributed by atoms with Crippen molar-refractivity contribution in [3.05, 3.63) is 240 Å². The molecule has 0 fully saturated rings. The van der Waals surface area contributed by atoms with E-state index in [9.17, 15) is 0 Å². The maximum Gasteiger partial charge on any atom is 0.160 e. The summed E-state index contributed by atoms with van der Waals surface area (Å²) in [7, 11) is 0. The van der Waals surface area contributed by atoms with Crippen LogP contribution in [0.5, 0.6) is 0 Å². The van der Waals surface area contributed by atoms with Gasteiger partial charge in [0.25, 0.3) is 0 Å². The van der Waals surface area contributed by atoms with Crippen molar-refractivity contribution in [3.8, 4) is 56.2 Å². The third-order valence-corrected chi connectivity index (χ3v) is 13.6. The second-order valence-corrected chi connectivity index (χ2v) is 17.2. The molecule has 11 rings (SSSR count). The van der Waals surface area contributed by atoms with E-state index in [-0.39, 0.29) is 5.41 Å². The maximum absolute atomic E-state index is 5.20. The summed E-state index contributed by atoms with van der Waals surface area (Å²) in [6, 6.07) is 74.9. The fourth-order valence-electron chi connectivity index (χ4n) is 9.57. The molecule has 1 aromatic heterocycles. The van der Waals surface area contributed by atoms with Gasteiger partial charge in [0.15, 0.2) is 5.82 Å². The van der Waals surface area contributed by atoms with Crippen molar-refractivity contribution in [1.29, 1.82) is 0 Å². The predicted octanol–water partition coefficient (Wildman–Crippen LogP) is 14.3. The van der Waals surface area contributed by atoms with Gasteiger partial charge in [-0.05, 0) is 86.0 Å². The molecule has 2 heterocycles. The van der Waals surface area contributed by atoms with Gasteiger partial charge in [0.05, 0.1) is 16.8 Å². The number of fused-ring (bicyclic) bond motifs is 8. The number of aromatic nitrogens is 2. The quantitative estimate of drug-likeness (QED) is 0.174. The second-order valence-electron chi connectivity index (χ2n) is 16.1. The Bertz CT molecular complexity index is 2990. The first kappa shape index (κ1) is 35.4. The summed E-state index contributed by atoms with van der Waals surface area (Å²) in [6.45, 7) is 4.79. The summed E-state index contributed by atoms with van der Waals surface area (Å²) in [5, 5.41) is 0. The van der Waals surface area contributed by atoms with E-state index in [1.54, 1.807) is 0 Å². The number of hydrogen-bond acceptors (Lipinski definition) is 3. The first-order valence-corrected chi connectivity index (χ1v) is 21.1. The highest BCUT2D eigenvalue weighted by atomic mass is 32.2. The summed E-state index contributed by atoms with van der Waals surface area (Å²) < 4.78 is 0. The lowest BCUT2D eigenvalue weighted by molar-refractivity contribution is 0.549. The molecule has 2 aliphatic rings. The third-order valence-electron chi connectivity index (χ3n) is 12.4. The molecule has 2 nitrogen and oxygen atoms in total. The Labute approximate surface area is 350 Å². The van der Waals surface area contributed by atoms with Crippen LogP contribution in [0, 0.1) is 0 Å². The Morgan fingerprint density at radius 2 is 0.780 bits per heavy atom. The van der Waals surface area contributed by atoms with Gasteiger partial charge in [-0.2, -0.15) is 0 Å². The molecule has 1 spiro atoms.